The van der Waals surface area contributed by atoms with Crippen LogP contribution in [0.15, 0.2) is 30.6 Å². The number of amides is 2. The second-order valence-electron chi connectivity index (χ2n) is 6.93. The summed E-state index contributed by atoms with van der Waals surface area (Å²) in [6.45, 7) is 2.80. The summed E-state index contributed by atoms with van der Waals surface area (Å²) in [5, 5.41) is 7.34. The zero-order chi connectivity index (χ0) is 18.6. The number of hydrogen-bond acceptors (Lipinski definition) is 5. The van der Waals surface area contributed by atoms with E-state index in [1.165, 1.54) is 0 Å². The number of nitrogens with zero attached hydrogens (tertiary/aromatic N) is 4. The standard InChI is InChI=1S/C19H23N5O3/c25-18(21-12-14-2-1-5-20-11-14)13-24-17(15-3-4-15)10-16(22-24)19(26)23-6-8-27-9-7-23/h1-2,5,10-11,15H,3-4,6-9,12-13H2,(H,21,25). The lowest BCUT2D eigenvalue weighted by atomic mass is 10.2. The number of nitrogens with one attached hydrogen (secondary N) is 1. The van der Waals surface area contributed by atoms with Gasteiger partial charge < -0.3 is 15.0 Å². The van der Waals surface area contributed by atoms with Gasteiger partial charge in [-0.1, -0.05) is 6.07 Å². The van der Waals surface area contributed by atoms with Gasteiger partial charge >= 0.3 is 0 Å². The molecule has 2 amide bonds. The minimum absolute atomic E-state index is 0.0882. The lowest BCUT2D eigenvalue weighted by Gasteiger charge is -2.25. The van der Waals surface area contributed by atoms with Crippen molar-refractivity contribution < 1.29 is 14.3 Å². The summed E-state index contributed by atoms with van der Waals surface area (Å²) in [4.78, 5) is 30.8. The van der Waals surface area contributed by atoms with E-state index in [0.29, 0.717) is 44.5 Å². The summed E-state index contributed by atoms with van der Waals surface area (Å²) in [6, 6.07) is 5.60. The molecular formula is C19H23N5O3. The first kappa shape index (κ1) is 17.7. The van der Waals surface area contributed by atoms with Crippen LogP contribution in [0, 0.1) is 0 Å². The molecule has 0 radical (unpaired) electrons. The highest BCUT2D eigenvalue weighted by molar-refractivity contribution is 5.92. The second-order valence-corrected chi connectivity index (χ2v) is 6.93. The lowest BCUT2D eigenvalue weighted by molar-refractivity contribution is -0.122. The summed E-state index contributed by atoms with van der Waals surface area (Å²) in [5.41, 5.74) is 2.33. The largest absolute Gasteiger partial charge is 0.378 e. The molecule has 0 spiro atoms. The molecule has 8 heteroatoms. The third-order valence-corrected chi connectivity index (χ3v) is 4.83. The Bertz CT molecular complexity index is 810. The average molecular weight is 369 g/mol. The first-order valence-corrected chi connectivity index (χ1v) is 9.31. The highest BCUT2D eigenvalue weighted by Gasteiger charge is 2.31. The molecule has 1 N–H and O–H groups in total. The molecule has 2 fully saturated rings. The van der Waals surface area contributed by atoms with Crippen LogP contribution >= 0.6 is 0 Å². The first-order chi connectivity index (χ1) is 13.2. The minimum Gasteiger partial charge on any atom is -0.378 e. The van der Waals surface area contributed by atoms with Crippen LogP contribution in [0.3, 0.4) is 0 Å². The van der Waals surface area contributed by atoms with E-state index in [-0.39, 0.29) is 18.4 Å². The highest BCUT2D eigenvalue weighted by Crippen LogP contribution is 2.40. The molecule has 2 aromatic heterocycles. The number of aromatic nitrogens is 3. The first-order valence-electron chi connectivity index (χ1n) is 9.31. The van der Waals surface area contributed by atoms with Crippen molar-refractivity contribution in [2.75, 3.05) is 26.3 Å². The maximum Gasteiger partial charge on any atom is 0.274 e. The van der Waals surface area contributed by atoms with Crippen LogP contribution in [-0.2, 0) is 22.6 Å². The summed E-state index contributed by atoms with van der Waals surface area (Å²) in [5.74, 6) is 0.179. The smallest absolute Gasteiger partial charge is 0.274 e. The molecule has 8 nitrogen and oxygen atoms in total. The molecule has 4 rings (SSSR count). The predicted molar refractivity (Wildman–Crippen MR) is 97.0 cm³/mol. The maximum atomic E-state index is 12.7. The number of ether oxygens (including phenoxy) is 1. The average Bonchev–Trinajstić information content (AvgIpc) is 3.48. The predicted octanol–water partition coefficient (Wildman–Crippen LogP) is 0.944. The van der Waals surface area contributed by atoms with Crippen LogP contribution in [0.25, 0.3) is 0 Å². The summed E-state index contributed by atoms with van der Waals surface area (Å²) < 4.78 is 6.99. The summed E-state index contributed by atoms with van der Waals surface area (Å²) in [7, 11) is 0. The molecule has 2 aliphatic rings. The summed E-state index contributed by atoms with van der Waals surface area (Å²) >= 11 is 0. The van der Waals surface area contributed by atoms with E-state index in [1.807, 2.05) is 18.2 Å². The third kappa shape index (κ3) is 4.33. The van der Waals surface area contributed by atoms with Gasteiger partial charge in [-0.05, 0) is 30.5 Å². The quantitative estimate of drug-likeness (QED) is 0.819. The molecule has 0 unspecified atom stereocenters. The van der Waals surface area contributed by atoms with E-state index in [9.17, 15) is 9.59 Å². The van der Waals surface area contributed by atoms with Crippen LogP contribution in [0.1, 0.15) is 40.5 Å². The van der Waals surface area contributed by atoms with Crippen molar-refractivity contribution in [1.29, 1.82) is 0 Å². The van der Waals surface area contributed by atoms with Crippen LogP contribution in [-0.4, -0.2) is 57.8 Å². The fourth-order valence-corrected chi connectivity index (χ4v) is 3.19. The Kier molecular flexibility index (Phi) is 5.15. The van der Waals surface area contributed by atoms with Gasteiger partial charge in [0, 0.05) is 43.6 Å². The van der Waals surface area contributed by atoms with Crippen LogP contribution in [0.4, 0.5) is 0 Å². The zero-order valence-corrected chi connectivity index (χ0v) is 15.1. The fraction of sp³-hybridized carbons (Fsp3) is 0.474. The Balaban J connectivity index is 1.42. The molecule has 0 atom stereocenters. The van der Waals surface area contributed by atoms with E-state index >= 15 is 0 Å². The molecule has 0 aromatic carbocycles. The molecule has 0 bridgehead atoms. The monoisotopic (exact) mass is 369 g/mol. The normalized spacial score (nSPS) is 17.0. The molecule has 1 aliphatic carbocycles. The van der Waals surface area contributed by atoms with Gasteiger partial charge in [0.05, 0.1) is 13.2 Å². The minimum atomic E-state index is -0.130. The number of rotatable bonds is 6. The van der Waals surface area contributed by atoms with Crippen molar-refractivity contribution in [1.82, 2.24) is 25.0 Å². The lowest BCUT2D eigenvalue weighted by Crippen LogP contribution is -2.40. The molecule has 1 saturated heterocycles. The molecule has 2 aromatic rings. The van der Waals surface area contributed by atoms with E-state index in [2.05, 4.69) is 15.4 Å². The maximum absolute atomic E-state index is 12.7. The van der Waals surface area contributed by atoms with Crippen LogP contribution in [0.2, 0.25) is 0 Å². The molecule has 142 valence electrons. The van der Waals surface area contributed by atoms with Gasteiger partial charge in [-0.2, -0.15) is 5.10 Å². The molecule has 1 aliphatic heterocycles. The van der Waals surface area contributed by atoms with Crippen molar-refractivity contribution in [3.8, 4) is 0 Å². The third-order valence-electron chi connectivity index (χ3n) is 4.83. The van der Waals surface area contributed by atoms with Gasteiger partial charge in [0.25, 0.3) is 5.91 Å². The molecule has 27 heavy (non-hydrogen) atoms. The Labute approximate surface area is 157 Å². The van der Waals surface area contributed by atoms with Crippen molar-refractivity contribution >= 4 is 11.8 Å². The van der Waals surface area contributed by atoms with Crippen molar-refractivity contribution in [3.05, 3.63) is 47.5 Å². The SMILES string of the molecule is O=C(Cn1nc(C(=O)N2CCOCC2)cc1C1CC1)NCc1cccnc1. The van der Waals surface area contributed by atoms with Gasteiger partial charge in [-0.25, -0.2) is 0 Å². The topological polar surface area (TPSA) is 89.4 Å². The second kappa shape index (κ2) is 7.87. The van der Waals surface area contributed by atoms with Crippen molar-refractivity contribution in [2.45, 2.75) is 31.8 Å². The Morgan fingerprint density at radius 2 is 2.07 bits per heavy atom. The Morgan fingerprint density at radius 3 is 2.78 bits per heavy atom. The van der Waals surface area contributed by atoms with Gasteiger partial charge in [0.2, 0.25) is 5.91 Å². The number of morpholine rings is 1. The van der Waals surface area contributed by atoms with Crippen molar-refractivity contribution in [3.63, 3.8) is 0 Å². The number of carbonyl (C=O) groups excluding carboxylic acids is 2. The molecular weight excluding hydrogens is 346 g/mol. The van der Waals surface area contributed by atoms with Gasteiger partial charge in [0.1, 0.15) is 6.54 Å². The van der Waals surface area contributed by atoms with Crippen LogP contribution < -0.4 is 5.32 Å². The fourth-order valence-electron chi connectivity index (χ4n) is 3.19. The summed E-state index contributed by atoms with van der Waals surface area (Å²) in [6.07, 6.45) is 5.58. The number of carbonyl (C=O) groups is 2. The number of hydrogen-bond donors (Lipinski definition) is 1. The number of pyridine rings is 1. The van der Waals surface area contributed by atoms with E-state index in [4.69, 9.17) is 4.74 Å². The van der Waals surface area contributed by atoms with E-state index in [1.54, 1.807) is 22.0 Å². The van der Waals surface area contributed by atoms with E-state index in [0.717, 1.165) is 24.1 Å². The van der Waals surface area contributed by atoms with Gasteiger partial charge in [-0.3, -0.25) is 19.3 Å². The van der Waals surface area contributed by atoms with Crippen LogP contribution in [0.5, 0.6) is 0 Å². The van der Waals surface area contributed by atoms with Crippen molar-refractivity contribution in [2.24, 2.45) is 0 Å². The molecule has 3 heterocycles. The zero-order valence-electron chi connectivity index (χ0n) is 15.1. The Morgan fingerprint density at radius 1 is 1.26 bits per heavy atom. The molecule has 1 saturated carbocycles. The van der Waals surface area contributed by atoms with Gasteiger partial charge in [0.15, 0.2) is 5.69 Å². The van der Waals surface area contributed by atoms with Gasteiger partial charge in [-0.15, -0.1) is 0 Å². The van der Waals surface area contributed by atoms with E-state index < -0.39 is 0 Å². The highest BCUT2D eigenvalue weighted by atomic mass is 16.5. The Hall–Kier alpha value is -2.74.